The lowest BCUT2D eigenvalue weighted by Crippen LogP contribution is -2.27. The van der Waals surface area contributed by atoms with Crippen LogP contribution < -0.4 is 5.32 Å². The van der Waals surface area contributed by atoms with Crippen molar-refractivity contribution in [2.75, 3.05) is 0 Å². The molecule has 0 fully saturated rings. The summed E-state index contributed by atoms with van der Waals surface area (Å²) in [5.41, 5.74) is 0.860. The summed E-state index contributed by atoms with van der Waals surface area (Å²) >= 11 is 2.19. The summed E-state index contributed by atoms with van der Waals surface area (Å²) in [4.78, 5) is 11.5. The van der Waals surface area contributed by atoms with E-state index in [1.54, 1.807) is 0 Å². The Kier molecular flexibility index (Phi) is 8.82. The first-order chi connectivity index (χ1) is 9.97. The molecular weight excluding hydrogens is 383 g/mol. The number of rotatable bonds is 10. The first-order valence-corrected chi connectivity index (χ1v) is 8.66. The number of carbonyl (C=O) groups excluding carboxylic acids is 1. The number of halogens is 1. The monoisotopic (exact) mass is 408 g/mol. The number of unbranched alkanes of at least 4 members (excludes halogenated alkanes) is 2. The maximum atomic E-state index is 11.5. The quantitative estimate of drug-likeness (QED) is 0.280. The molecule has 6 nitrogen and oxygen atoms in total. The van der Waals surface area contributed by atoms with Crippen LogP contribution in [0.2, 0.25) is 0 Å². The fraction of sp³-hybridized carbons (Fsp3) is 0.786. The normalized spacial score (nSPS) is 12.6. The zero-order valence-electron chi connectivity index (χ0n) is 13.0. The number of aryl methyl sites for hydroxylation is 1. The zero-order valence-corrected chi connectivity index (χ0v) is 15.2. The third-order valence-electron chi connectivity index (χ3n) is 2.80. The van der Waals surface area contributed by atoms with Crippen LogP contribution in [-0.2, 0) is 22.7 Å². The van der Waals surface area contributed by atoms with E-state index in [2.05, 4.69) is 38.2 Å². The Morgan fingerprint density at radius 3 is 2.81 bits per heavy atom. The van der Waals surface area contributed by atoms with Gasteiger partial charge in [-0.3, -0.25) is 9.48 Å². The van der Waals surface area contributed by atoms with E-state index in [-0.39, 0.29) is 16.1 Å². The number of amides is 1. The van der Waals surface area contributed by atoms with Gasteiger partial charge in [0.05, 0.1) is 23.0 Å². The van der Waals surface area contributed by atoms with E-state index in [4.69, 9.17) is 4.74 Å². The highest BCUT2D eigenvalue weighted by atomic mass is 127. The molecule has 0 saturated heterocycles. The molecule has 1 unspecified atom stereocenters. The predicted molar refractivity (Wildman–Crippen MR) is 90.0 cm³/mol. The SMILES string of the molecule is CC(I)NC(=O)CCCCCn1cc(COC(C)C)nn1. The molecule has 1 atom stereocenters. The van der Waals surface area contributed by atoms with Gasteiger partial charge < -0.3 is 10.1 Å². The first kappa shape index (κ1) is 18.3. The zero-order chi connectivity index (χ0) is 15.7. The van der Waals surface area contributed by atoms with E-state index in [0.29, 0.717) is 13.0 Å². The smallest absolute Gasteiger partial charge is 0.220 e. The van der Waals surface area contributed by atoms with Crippen LogP contribution in [0.4, 0.5) is 0 Å². The second-order valence-electron chi connectivity index (χ2n) is 5.33. The maximum Gasteiger partial charge on any atom is 0.220 e. The van der Waals surface area contributed by atoms with Crippen molar-refractivity contribution in [1.82, 2.24) is 20.3 Å². The van der Waals surface area contributed by atoms with Gasteiger partial charge >= 0.3 is 0 Å². The first-order valence-electron chi connectivity index (χ1n) is 7.41. The van der Waals surface area contributed by atoms with E-state index in [9.17, 15) is 4.79 Å². The molecule has 0 spiro atoms. The molecule has 1 aromatic heterocycles. The highest BCUT2D eigenvalue weighted by Gasteiger charge is 2.04. The van der Waals surface area contributed by atoms with Gasteiger partial charge in [-0.05, 0) is 33.6 Å². The average Bonchev–Trinajstić information content (AvgIpc) is 2.83. The highest BCUT2D eigenvalue weighted by Crippen LogP contribution is 2.05. The Bertz CT molecular complexity index is 421. The van der Waals surface area contributed by atoms with E-state index >= 15 is 0 Å². The topological polar surface area (TPSA) is 69.0 Å². The molecule has 1 aromatic rings. The van der Waals surface area contributed by atoms with Crippen LogP contribution in [0.5, 0.6) is 0 Å². The lowest BCUT2D eigenvalue weighted by atomic mass is 10.2. The Hall–Kier alpha value is -0.700. The van der Waals surface area contributed by atoms with Crippen LogP contribution >= 0.6 is 22.6 Å². The van der Waals surface area contributed by atoms with Gasteiger partial charge in [0, 0.05) is 13.0 Å². The molecule has 7 heteroatoms. The molecule has 0 radical (unpaired) electrons. The summed E-state index contributed by atoms with van der Waals surface area (Å²) < 4.78 is 7.51. The molecule has 0 aliphatic carbocycles. The van der Waals surface area contributed by atoms with Crippen LogP contribution in [0, 0.1) is 0 Å². The fourth-order valence-electron chi connectivity index (χ4n) is 1.80. The van der Waals surface area contributed by atoms with E-state index in [1.165, 1.54) is 0 Å². The minimum atomic E-state index is 0.130. The Labute approximate surface area is 140 Å². The Morgan fingerprint density at radius 1 is 1.38 bits per heavy atom. The largest absolute Gasteiger partial charge is 0.372 e. The standard InChI is InChI=1S/C14H25IN4O2/c1-11(2)21-10-13-9-19(18-17-13)8-6-4-5-7-14(20)16-12(3)15/h9,11-12H,4-8,10H2,1-3H3,(H,16,20). The lowest BCUT2D eigenvalue weighted by Gasteiger charge is -2.06. The number of nitrogens with zero attached hydrogens (tertiary/aromatic N) is 3. The van der Waals surface area contributed by atoms with Gasteiger partial charge in [-0.2, -0.15) is 0 Å². The number of carbonyl (C=O) groups is 1. The van der Waals surface area contributed by atoms with Gasteiger partial charge in [-0.1, -0.05) is 34.2 Å². The van der Waals surface area contributed by atoms with Gasteiger partial charge in [0.25, 0.3) is 0 Å². The average molecular weight is 408 g/mol. The molecule has 0 bridgehead atoms. The molecule has 1 rings (SSSR count). The summed E-state index contributed by atoms with van der Waals surface area (Å²) in [7, 11) is 0. The third-order valence-corrected chi connectivity index (χ3v) is 3.11. The van der Waals surface area contributed by atoms with Crippen molar-refractivity contribution in [3.8, 4) is 0 Å². The van der Waals surface area contributed by atoms with Crippen LogP contribution in [-0.4, -0.2) is 31.1 Å². The fourth-order valence-corrected chi connectivity index (χ4v) is 2.14. The summed E-state index contributed by atoms with van der Waals surface area (Å²) in [6.45, 7) is 7.30. The third kappa shape index (κ3) is 9.02. The van der Waals surface area contributed by atoms with Crippen molar-refractivity contribution in [2.24, 2.45) is 0 Å². The lowest BCUT2D eigenvalue weighted by molar-refractivity contribution is -0.121. The van der Waals surface area contributed by atoms with E-state index in [0.717, 1.165) is 31.5 Å². The number of hydrogen-bond acceptors (Lipinski definition) is 4. The number of aromatic nitrogens is 3. The number of ether oxygens (including phenoxy) is 1. The summed E-state index contributed by atoms with van der Waals surface area (Å²) in [5.74, 6) is 0.130. The van der Waals surface area contributed by atoms with Crippen LogP contribution in [0.3, 0.4) is 0 Å². The maximum absolute atomic E-state index is 11.5. The van der Waals surface area contributed by atoms with Crippen molar-refractivity contribution in [1.29, 1.82) is 0 Å². The predicted octanol–water partition coefficient (Wildman–Crippen LogP) is 2.66. The summed E-state index contributed by atoms with van der Waals surface area (Å²) in [5, 5.41) is 11.0. The minimum absolute atomic E-state index is 0.130. The van der Waals surface area contributed by atoms with Crippen molar-refractivity contribution in [2.45, 2.75) is 69.8 Å². The molecule has 1 N–H and O–H groups in total. The van der Waals surface area contributed by atoms with Crippen molar-refractivity contribution < 1.29 is 9.53 Å². The molecule has 21 heavy (non-hydrogen) atoms. The molecule has 0 saturated carbocycles. The van der Waals surface area contributed by atoms with Crippen molar-refractivity contribution >= 4 is 28.5 Å². The molecule has 120 valence electrons. The van der Waals surface area contributed by atoms with E-state index in [1.807, 2.05) is 31.6 Å². The molecule has 1 amide bonds. The Balaban J connectivity index is 2.11. The summed E-state index contributed by atoms with van der Waals surface area (Å²) in [6, 6.07) is 0. The van der Waals surface area contributed by atoms with Crippen LogP contribution in [0.15, 0.2) is 6.20 Å². The number of alkyl halides is 1. The van der Waals surface area contributed by atoms with Crippen LogP contribution in [0.1, 0.15) is 52.1 Å². The second kappa shape index (κ2) is 10.1. The molecular formula is C14H25IN4O2. The number of nitrogens with one attached hydrogen (secondary N) is 1. The van der Waals surface area contributed by atoms with Crippen molar-refractivity contribution in [3.63, 3.8) is 0 Å². The number of hydrogen-bond donors (Lipinski definition) is 1. The minimum Gasteiger partial charge on any atom is -0.372 e. The van der Waals surface area contributed by atoms with Gasteiger partial charge in [-0.25, -0.2) is 0 Å². The molecule has 0 aliphatic heterocycles. The van der Waals surface area contributed by atoms with Gasteiger partial charge in [0.1, 0.15) is 5.69 Å². The molecule has 0 aromatic carbocycles. The molecule has 1 heterocycles. The summed E-state index contributed by atoms with van der Waals surface area (Å²) in [6.07, 6.45) is 5.64. The molecule has 0 aliphatic rings. The van der Waals surface area contributed by atoms with Crippen molar-refractivity contribution in [3.05, 3.63) is 11.9 Å². The van der Waals surface area contributed by atoms with Gasteiger partial charge in [-0.15, -0.1) is 5.10 Å². The Morgan fingerprint density at radius 2 is 2.14 bits per heavy atom. The van der Waals surface area contributed by atoms with E-state index < -0.39 is 0 Å². The highest BCUT2D eigenvalue weighted by molar-refractivity contribution is 14.1. The van der Waals surface area contributed by atoms with Gasteiger partial charge in [0.2, 0.25) is 5.91 Å². The van der Waals surface area contributed by atoms with Crippen LogP contribution in [0.25, 0.3) is 0 Å². The van der Waals surface area contributed by atoms with Gasteiger partial charge in [0.15, 0.2) is 0 Å². The second-order valence-corrected chi connectivity index (χ2v) is 7.20.